The van der Waals surface area contributed by atoms with Crippen molar-refractivity contribution in [2.75, 3.05) is 39.3 Å². The van der Waals surface area contributed by atoms with Crippen molar-refractivity contribution in [1.29, 1.82) is 0 Å². The average molecular weight is 407 g/mol. The Morgan fingerprint density at radius 3 is 2.28 bits per heavy atom. The van der Waals surface area contributed by atoms with E-state index >= 15 is 0 Å². The van der Waals surface area contributed by atoms with Crippen LogP contribution in [-0.4, -0.2) is 66.9 Å². The molecule has 2 aliphatic rings. The van der Waals surface area contributed by atoms with Crippen LogP contribution in [0.3, 0.4) is 0 Å². The van der Waals surface area contributed by atoms with E-state index in [1.807, 2.05) is 11.8 Å². The van der Waals surface area contributed by atoms with E-state index < -0.39 is 0 Å². The molecule has 0 saturated carbocycles. The van der Waals surface area contributed by atoms with Crippen molar-refractivity contribution in [1.82, 2.24) is 20.4 Å². The number of rotatable bonds is 6. The minimum absolute atomic E-state index is 0.0789. The predicted octanol–water partition coefficient (Wildman–Crippen LogP) is 2.24. The van der Waals surface area contributed by atoms with Crippen LogP contribution in [0.1, 0.15) is 47.5 Å². The molecule has 3 atom stereocenters. The Morgan fingerprint density at radius 1 is 1.10 bits per heavy atom. The highest BCUT2D eigenvalue weighted by molar-refractivity contribution is 5.78. The third kappa shape index (κ3) is 6.47. The first kappa shape index (κ1) is 23.2. The Balaban J connectivity index is 1.96. The number of allylic oxidation sites excluding steroid dienone is 1. The Hall–Kier alpha value is -2.05. The summed E-state index contributed by atoms with van der Waals surface area (Å²) in [4.78, 5) is 39.8. The van der Waals surface area contributed by atoms with Gasteiger partial charge in [0, 0.05) is 52.6 Å². The van der Waals surface area contributed by atoms with Gasteiger partial charge in [-0.05, 0) is 43.9 Å². The zero-order chi connectivity index (χ0) is 21.6. The van der Waals surface area contributed by atoms with Gasteiger partial charge in [0.25, 0.3) is 0 Å². The molecule has 2 rings (SSSR count). The van der Waals surface area contributed by atoms with Crippen molar-refractivity contribution in [3.05, 3.63) is 11.6 Å². The van der Waals surface area contributed by atoms with E-state index in [-0.39, 0.29) is 23.8 Å². The van der Waals surface area contributed by atoms with E-state index in [4.69, 9.17) is 0 Å². The quantitative estimate of drug-likeness (QED) is 0.664. The lowest BCUT2D eigenvalue weighted by atomic mass is 9.69. The first-order chi connectivity index (χ1) is 13.7. The van der Waals surface area contributed by atoms with E-state index in [0.717, 1.165) is 6.42 Å². The molecule has 0 bridgehead atoms. The van der Waals surface area contributed by atoms with Crippen molar-refractivity contribution in [2.45, 2.75) is 47.5 Å². The number of nitrogens with zero attached hydrogens (tertiary/aromatic N) is 2. The summed E-state index contributed by atoms with van der Waals surface area (Å²) in [6, 6.07) is -0.122. The number of carbonyl (C=O) groups is 3. The number of hydrogen-bond acceptors (Lipinski definition) is 3. The summed E-state index contributed by atoms with van der Waals surface area (Å²) < 4.78 is 0. The predicted molar refractivity (Wildman–Crippen MR) is 114 cm³/mol. The van der Waals surface area contributed by atoms with E-state index in [1.54, 1.807) is 11.8 Å². The molecule has 29 heavy (non-hydrogen) atoms. The molecular formula is C22H38N4O3. The Kier molecular flexibility index (Phi) is 8.53. The summed E-state index contributed by atoms with van der Waals surface area (Å²) in [7, 11) is 0. The highest BCUT2D eigenvalue weighted by Gasteiger charge is 2.34. The van der Waals surface area contributed by atoms with Crippen LogP contribution in [0.5, 0.6) is 0 Å². The van der Waals surface area contributed by atoms with Crippen LogP contribution >= 0.6 is 0 Å². The smallest absolute Gasteiger partial charge is 0.314 e. The maximum Gasteiger partial charge on any atom is 0.314 e. The van der Waals surface area contributed by atoms with Gasteiger partial charge in [0.2, 0.25) is 11.8 Å². The van der Waals surface area contributed by atoms with Gasteiger partial charge >= 0.3 is 6.03 Å². The third-order valence-electron chi connectivity index (χ3n) is 6.42. The van der Waals surface area contributed by atoms with Gasteiger partial charge in [0.05, 0.1) is 0 Å². The number of urea groups is 1. The molecule has 4 amide bonds. The van der Waals surface area contributed by atoms with Gasteiger partial charge in [-0.3, -0.25) is 9.59 Å². The zero-order valence-electron chi connectivity index (χ0n) is 18.7. The molecule has 1 heterocycles. The summed E-state index contributed by atoms with van der Waals surface area (Å²) >= 11 is 0. The molecule has 164 valence electrons. The highest BCUT2D eigenvalue weighted by Crippen LogP contribution is 2.39. The summed E-state index contributed by atoms with van der Waals surface area (Å²) in [6.45, 7) is 13.8. The Bertz CT molecular complexity index is 624. The standard InChI is InChI=1S/C22H38N4O3/c1-6-23-22(29)24-14-19-11-16(4)18(12-20(19)15(2)3)13-21(28)26-9-7-25(8-10-26)17(5)27/h11,15,18-20H,6-10,12-14H2,1-5H3,(H2,23,24,29). The SMILES string of the molecule is CCNC(=O)NCC1C=C(C)C(CC(=O)N2CCN(C(C)=O)CC2)CC1C(C)C. The van der Waals surface area contributed by atoms with Crippen LogP contribution in [0.2, 0.25) is 0 Å². The topological polar surface area (TPSA) is 81.8 Å². The lowest BCUT2D eigenvalue weighted by Gasteiger charge is -2.39. The number of carbonyl (C=O) groups excluding carboxylic acids is 3. The lowest BCUT2D eigenvalue weighted by molar-refractivity contribution is -0.139. The zero-order valence-corrected chi connectivity index (χ0v) is 18.7. The highest BCUT2D eigenvalue weighted by atomic mass is 16.2. The minimum atomic E-state index is -0.122. The van der Waals surface area contributed by atoms with Gasteiger partial charge < -0.3 is 20.4 Å². The third-order valence-corrected chi connectivity index (χ3v) is 6.42. The fourth-order valence-corrected chi connectivity index (χ4v) is 4.55. The summed E-state index contributed by atoms with van der Waals surface area (Å²) in [5.41, 5.74) is 1.25. The molecule has 0 aromatic carbocycles. The molecular weight excluding hydrogens is 368 g/mol. The largest absolute Gasteiger partial charge is 0.339 e. The Morgan fingerprint density at radius 2 is 1.72 bits per heavy atom. The summed E-state index contributed by atoms with van der Waals surface area (Å²) in [6.07, 6.45) is 3.77. The van der Waals surface area contributed by atoms with Gasteiger partial charge in [0.15, 0.2) is 0 Å². The molecule has 7 nitrogen and oxygen atoms in total. The molecule has 0 aromatic rings. The number of nitrogens with one attached hydrogen (secondary N) is 2. The lowest BCUT2D eigenvalue weighted by Crippen LogP contribution is -2.50. The fourth-order valence-electron chi connectivity index (χ4n) is 4.55. The van der Waals surface area contributed by atoms with Crippen LogP contribution in [0.25, 0.3) is 0 Å². The molecule has 1 aliphatic carbocycles. The second-order valence-corrected chi connectivity index (χ2v) is 8.75. The number of hydrogen-bond donors (Lipinski definition) is 2. The molecule has 1 aliphatic heterocycles. The van der Waals surface area contributed by atoms with E-state index in [9.17, 15) is 14.4 Å². The average Bonchev–Trinajstić information content (AvgIpc) is 2.68. The van der Waals surface area contributed by atoms with Gasteiger partial charge in [0.1, 0.15) is 0 Å². The van der Waals surface area contributed by atoms with Crippen molar-refractivity contribution in [2.24, 2.45) is 23.7 Å². The van der Waals surface area contributed by atoms with Crippen LogP contribution in [-0.2, 0) is 9.59 Å². The van der Waals surface area contributed by atoms with Crippen molar-refractivity contribution in [3.63, 3.8) is 0 Å². The Labute approximate surface area is 175 Å². The normalized spacial score (nSPS) is 24.9. The molecule has 2 N–H and O–H groups in total. The molecule has 0 aromatic heterocycles. The van der Waals surface area contributed by atoms with Gasteiger partial charge in [-0.15, -0.1) is 0 Å². The molecule has 0 spiro atoms. The van der Waals surface area contributed by atoms with Crippen LogP contribution < -0.4 is 10.6 Å². The molecule has 3 unspecified atom stereocenters. The first-order valence-electron chi connectivity index (χ1n) is 11.0. The van der Waals surface area contributed by atoms with Crippen molar-refractivity contribution < 1.29 is 14.4 Å². The monoisotopic (exact) mass is 406 g/mol. The molecule has 1 saturated heterocycles. The van der Waals surface area contributed by atoms with Gasteiger partial charge in [-0.1, -0.05) is 25.5 Å². The van der Waals surface area contributed by atoms with Crippen LogP contribution in [0.4, 0.5) is 4.79 Å². The molecule has 0 radical (unpaired) electrons. The number of piperazine rings is 1. The minimum Gasteiger partial charge on any atom is -0.339 e. The summed E-state index contributed by atoms with van der Waals surface area (Å²) in [5.74, 6) is 1.73. The van der Waals surface area contributed by atoms with E-state index in [0.29, 0.717) is 63.4 Å². The molecule has 1 fully saturated rings. The van der Waals surface area contributed by atoms with Crippen LogP contribution in [0.15, 0.2) is 11.6 Å². The molecule has 7 heteroatoms. The number of amides is 4. The fraction of sp³-hybridized carbons (Fsp3) is 0.773. The summed E-state index contributed by atoms with van der Waals surface area (Å²) in [5, 5.41) is 5.75. The van der Waals surface area contributed by atoms with E-state index in [2.05, 4.69) is 37.5 Å². The maximum atomic E-state index is 12.9. The maximum absolute atomic E-state index is 12.9. The second kappa shape index (κ2) is 10.6. The van der Waals surface area contributed by atoms with Crippen LogP contribution in [0, 0.1) is 23.7 Å². The van der Waals surface area contributed by atoms with Gasteiger partial charge in [-0.2, -0.15) is 0 Å². The van der Waals surface area contributed by atoms with Crippen molar-refractivity contribution in [3.8, 4) is 0 Å². The van der Waals surface area contributed by atoms with E-state index in [1.165, 1.54) is 5.57 Å². The van der Waals surface area contributed by atoms with Gasteiger partial charge in [-0.25, -0.2) is 4.79 Å². The second-order valence-electron chi connectivity index (χ2n) is 8.75. The van der Waals surface area contributed by atoms with Crippen molar-refractivity contribution >= 4 is 17.8 Å². The first-order valence-corrected chi connectivity index (χ1v) is 11.0.